The van der Waals surface area contributed by atoms with Crippen molar-refractivity contribution in [1.29, 1.82) is 5.26 Å². The second kappa shape index (κ2) is 7.30. The van der Waals surface area contributed by atoms with Crippen molar-refractivity contribution in [3.8, 4) is 17.6 Å². The standard InChI is InChI=1S/C18H7B4F6NO2/c19-5-16(30)10-6(3-23)9(2-1-8(10)17(25,26)18(16,27)28)31-15-12(21)7(4-29)11(20)14(24)13(15)22/h1-2,30H,3,5H2/t16-/m1/s1. The maximum atomic E-state index is 14.4. The minimum absolute atomic E-state index is 0.483. The molecule has 3 nitrogen and oxygen atoms in total. The third kappa shape index (κ3) is 2.84. The summed E-state index contributed by atoms with van der Waals surface area (Å²) in [5, 5.41) is 19.4. The number of halogens is 6. The van der Waals surface area contributed by atoms with Gasteiger partial charge in [-0.25, -0.2) is 8.78 Å². The van der Waals surface area contributed by atoms with E-state index in [1.165, 1.54) is 6.07 Å². The van der Waals surface area contributed by atoms with Crippen LogP contribution < -0.4 is 21.1 Å². The number of benzene rings is 2. The zero-order valence-electron chi connectivity index (χ0n) is 15.4. The number of nitrogens with zero attached hydrogens (tertiary/aromatic N) is 1. The number of rotatable bonds is 4. The maximum Gasteiger partial charge on any atom is 0.345 e. The van der Waals surface area contributed by atoms with Gasteiger partial charge in [-0.05, 0) is 34.8 Å². The minimum Gasteiger partial charge on any atom is -0.458 e. The van der Waals surface area contributed by atoms with Gasteiger partial charge in [-0.2, -0.15) is 22.8 Å². The van der Waals surface area contributed by atoms with Crippen LogP contribution in [0.4, 0.5) is 26.3 Å². The zero-order valence-corrected chi connectivity index (χ0v) is 15.4. The second-order valence-electron chi connectivity index (χ2n) is 6.78. The molecule has 1 atom stereocenters. The van der Waals surface area contributed by atoms with Gasteiger partial charge in [-0.15, -0.1) is 0 Å². The van der Waals surface area contributed by atoms with Crippen LogP contribution in [0.2, 0.25) is 6.32 Å². The van der Waals surface area contributed by atoms with Gasteiger partial charge in [0.15, 0.2) is 5.60 Å². The number of hydrogen-bond donors (Lipinski definition) is 1. The van der Waals surface area contributed by atoms with E-state index in [4.69, 9.17) is 41.4 Å². The molecule has 150 valence electrons. The van der Waals surface area contributed by atoms with Gasteiger partial charge in [-0.3, -0.25) is 0 Å². The van der Waals surface area contributed by atoms with Crippen molar-refractivity contribution in [1.82, 2.24) is 0 Å². The normalized spacial score (nSPS) is 20.8. The summed E-state index contributed by atoms with van der Waals surface area (Å²) in [6.45, 7) is -1.66. The number of ether oxygens (including phenoxy) is 1. The van der Waals surface area contributed by atoms with E-state index in [1.54, 1.807) is 0 Å². The van der Waals surface area contributed by atoms with Gasteiger partial charge in [0.25, 0.3) is 0 Å². The van der Waals surface area contributed by atoms with E-state index in [0.29, 0.717) is 12.1 Å². The van der Waals surface area contributed by atoms with Gasteiger partial charge in [0.1, 0.15) is 47.5 Å². The van der Waals surface area contributed by atoms with Crippen LogP contribution in [0.15, 0.2) is 12.1 Å². The third-order valence-electron chi connectivity index (χ3n) is 5.19. The Bertz CT molecular complexity index is 1140. The predicted octanol–water partition coefficient (Wildman–Crippen LogP) is 0.856. The minimum atomic E-state index is -5.07. The third-order valence-corrected chi connectivity index (χ3v) is 5.19. The van der Waals surface area contributed by atoms with Crippen LogP contribution in [-0.4, -0.2) is 42.4 Å². The molecule has 8 radical (unpaired) electrons. The summed E-state index contributed by atoms with van der Waals surface area (Å²) in [5.41, 5.74) is -9.68. The molecule has 13 heteroatoms. The van der Waals surface area contributed by atoms with E-state index < -0.39 is 86.4 Å². The molecule has 0 aromatic heterocycles. The van der Waals surface area contributed by atoms with E-state index in [2.05, 4.69) is 0 Å². The molecule has 0 fully saturated rings. The first-order valence-corrected chi connectivity index (χ1v) is 8.46. The Morgan fingerprint density at radius 1 is 1.06 bits per heavy atom. The number of nitriles is 1. The molecule has 0 spiro atoms. The van der Waals surface area contributed by atoms with E-state index in [-0.39, 0.29) is 0 Å². The van der Waals surface area contributed by atoms with Gasteiger partial charge in [0.2, 0.25) is 0 Å². The quantitative estimate of drug-likeness (QED) is 0.583. The summed E-state index contributed by atoms with van der Waals surface area (Å²) >= 11 is 0. The Morgan fingerprint density at radius 2 is 1.68 bits per heavy atom. The lowest BCUT2D eigenvalue weighted by molar-refractivity contribution is -0.280. The molecule has 31 heavy (non-hydrogen) atoms. The summed E-state index contributed by atoms with van der Waals surface area (Å²) in [6, 6.07) is 2.69. The molecule has 0 unspecified atom stereocenters. The van der Waals surface area contributed by atoms with Crippen molar-refractivity contribution in [2.24, 2.45) is 0 Å². The molecule has 0 amide bonds. The van der Waals surface area contributed by atoms with Gasteiger partial charge in [0, 0.05) is 22.3 Å². The SMILES string of the molecule is [B]C[C@@]1(O)c2c(ccc(Oc3c([B])c(F)c([B])c(C#N)c3[B])c2CF)C(F)(F)C1(F)F. The molecule has 0 heterocycles. The van der Waals surface area contributed by atoms with E-state index in [1.807, 2.05) is 0 Å². The van der Waals surface area contributed by atoms with Crippen LogP contribution in [0.3, 0.4) is 0 Å². The lowest BCUT2D eigenvalue weighted by Gasteiger charge is -2.32. The highest BCUT2D eigenvalue weighted by Crippen LogP contribution is 2.63. The van der Waals surface area contributed by atoms with Crippen LogP contribution in [-0.2, 0) is 18.2 Å². The number of alkyl halides is 5. The Kier molecular flexibility index (Phi) is 5.46. The van der Waals surface area contributed by atoms with Crippen LogP contribution in [0.5, 0.6) is 11.5 Å². The Balaban J connectivity index is 2.29. The van der Waals surface area contributed by atoms with Crippen molar-refractivity contribution in [3.63, 3.8) is 0 Å². The summed E-state index contributed by atoms with van der Waals surface area (Å²) in [5.74, 6) is -12.6. The number of hydrogen-bond acceptors (Lipinski definition) is 3. The molecular weight excluding hydrogens is 419 g/mol. The molecular formula is C18H7B4F6NO2. The average molecular weight is 426 g/mol. The molecule has 0 aliphatic heterocycles. The molecule has 0 saturated carbocycles. The van der Waals surface area contributed by atoms with Crippen LogP contribution in [0, 0.1) is 17.1 Å². The van der Waals surface area contributed by atoms with E-state index in [9.17, 15) is 31.4 Å². The predicted molar refractivity (Wildman–Crippen MR) is 102 cm³/mol. The van der Waals surface area contributed by atoms with Crippen molar-refractivity contribution in [2.75, 3.05) is 0 Å². The summed E-state index contributed by atoms with van der Waals surface area (Å²) in [7, 11) is 21.8. The Labute approximate surface area is 178 Å². The van der Waals surface area contributed by atoms with Gasteiger partial charge in [-0.1, -0.05) is 0 Å². The van der Waals surface area contributed by atoms with E-state index >= 15 is 0 Å². The van der Waals surface area contributed by atoms with Crippen molar-refractivity contribution < 1.29 is 36.2 Å². The second-order valence-corrected chi connectivity index (χ2v) is 6.78. The fraction of sp³-hybridized carbons (Fsp3) is 0.278. The summed E-state index contributed by atoms with van der Waals surface area (Å²) < 4.78 is 90.8. The first kappa shape index (κ1) is 23.2. The van der Waals surface area contributed by atoms with Crippen molar-refractivity contribution in [2.45, 2.75) is 30.4 Å². The fourth-order valence-electron chi connectivity index (χ4n) is 3.51. The highest BCUT2D eigenvalue weighted by Gasteiger charge is 2.75. The molecule has 0 bridgehead atoms. The zero-order chi connectivity index (χ0) is 23.5. The lowest BCUT2D eigenvalue weighted by atomic mass is 9.74. The summed E-state index contributed by atoms with van der Waals surface area (Å²) in [4.78, 5) is 0. The highest BCUT2D eigenvalue weighted by molar-refractivity contribution is 6.47. The van der Waals surface area contributed by atoms with Gasteiger partial charge < -0.3 is 9.84 Å². The fourth-order valence-corrected chi connectivity index (χ4v) is 3.51. The van der Waals surface area contributed by atoms with Gasteiger partial charge >= 0.3 is 11.8 Å². The largest absolute Gasteiger partial charge is 0.458 e. The molecule has 2 aromatic carbocycles. The number of aliphatic hydroxyl groups is 1. The highest BCUT2D eigenvalue weighted by atomic mass is 19.3. The average Bonchev–Trinajstić information content (AvgIpc) is 2.85. The maximum absolute atomic E-state index is 14.4. The van der Waals surface area contributed by atoms with Crippen LogP contribution >= 0.6 is 0 Å². The first-order chi connectivity index (χ1) is 14.3. The van der Waals surface area contributed by atoms with Crippen LogP contribution in [0.1, 0.15) is 22.3 Å². The topological polar surface area (TPSA) is 53.2 Å². The monoisotopic (exact) mass is 427 g/mol. The molecule has 1 aliphatic rings. The Hall–Kier alpha value is -2.47. The van der Waals surface area contributed by atoms with Gasteiger partial charge in [0.05, 0.1) is 13.9 Å². The molecule has 2 aromatic rings. The van der Waals surface area contributed by atoms with Crippen molar-refractivity contribution in [3.05, 3.63) is 40.2 Å². The first-order valence-electron chi connectivity index (χ1n) is 8.46. The smallest absolute Gasteiger partial charge is 0.345 e. The summed E-state index contributed by atoms with van der Waals surface area (Å²) in [6.07, 6.45) is -1.38. The Morgan fingerprint density at radius 3 is 2.19 bits per heavy atom. The number of fused-ring (bicyclic) bond motifs is 1. The molecule has 0 saturated heterocycles. The van der Waals surface area contributed by atoms with E-state index in [0.717, 1.165) is 0 Å². The lowest BCUT2D eigenvalue weighted by Crippen LogP contribution is -2.48. The van der Waals surface area contributed by atoms with Crippen molar-refractivity contribution >= 4 is 47.8 Å². The molecule has 3 rings (SSSR count). The molecule has 1 N–H and O–H groups in total. The molecule has 1 aliphatic carbocycles. The van der Waals surface area contributed by atoms with Crippen LogP contribution in [0.25, 0.3) is 0 Å².